The van der Waals surface area contributed by atoms with Crippen LogP contribution in [-0.4, -0.2) is 0 Å². The molecule has 0 saturated heterocycles. The van der Waals surface area contributed by atoms with Crippen molar-refractivity contribution in [1.82, 2.24) is 0 Å². The van der Waals surface area contributed by atoms with Gasteiger partial charge in [-0.2, -0.15) is 0 Å². The van der Waals surface area contributed by atoms with Gasteiger partial charge in [-0.05, 0) is 11.8 Å². The maximum absolute atomic E-state index is 2.44. The Morgan fingerprint density at radius 1 is 0.625 bits per heavy atom. The van der Waals surface area contributed by atoms with Crippen LogP contribution in [0.5, 0.6) is 0 Å². The second kappa shape index (κ2) is 11.5. The molecule has 0 radical (unpaired) electrons. The summed E-state index contributed by atoms with van der Waals surface area (Å²) in [5.74, 6) is 1.86. The highest BCUT2D eigenvalue weighted by Crippen LogP contribution is 2.18. The average Bonchev–Trinajstić information content (AvgIpc) is 2.23. The number of hydrogen-bond acceptors (Lipinski definition) is 0. The Labute approximate surface area is 104 Å². The van der Waals surface area contributed by atoms with Crippen LogP contribution in [0.4, 0.5) is 0 Å². The second-order valence-corrected chi connectivity index (χ2v) is 5.99. The molecule has 0 amide bonds. The van der Waals surface area contributed by atoms with Crippen LogP contribution >= 0.6 is 0 Å². The van der Waals surface area contributed by atoms with E-state index in [1.165, 1.54) is 64.2 Å². The molecule has 0 aliphatic heterocycles. The van der Waals surface area contributed by atoms with E-state index in [2.05, 4.69) is 27.7 Å². The van der Waals surface area contributed by atoms with Gasteiger partial charge in [0, 0.05) is 0 Å². The fraction of sp³-hybridized carbons (Fsp3) is 1.00. The molecule has 0 aliphatic carbocycles. The Morgan fingerprint density at radius 2 is 1.12 bits per heavy atom. The summed E-state index contributed by atoms with van der Waals surface area (Å²) in [7, 11) is 0. The Kier molecular flexibility index (Phi) is 11.5. The van der Waals surface area contributed by atoms with Crippen molar-refractivity contribution in [3.63, 3.8) is 0 Å². The van der Waals surface area contributed by atoms with Crippen LogP contribution in [0, 0.1) is 11.8 Å². The van der Waals surface area contributed by atoms with E-state index in [9.17, 15) is 0 Å². The maximum Gasteiger partial charge on any atom is -0.0443 e. The summed E-state index contributed by atoms with van der Waals surface area (Å²) in [4.78, 5) is 0. The van der Waals surface area contributed by atoms with Gasteiger partial charge in [0.15, 0.2) is 0 Å². The number of rotatable bonds is 11. The SMILES string of the molecule is CCCCCCC(C)CCCCCC(C)C. The van der Waals surface area contributed by atoms with Crippen LogP contribution in [0.2, 0.25) is 0 Å². The Hall–Kier alpha value is 0. The minimum Gasteiger partial charge on any atom is -0.0654 e. The molecule has 0 aromatic carbocycles. The Balaban J connectivity index is 3.14. The maximum atomic E-state index is 2.44. The zero-order chi connectivity index (χ0) is 12.2. The van der Waals surface area contributed by atoms with Crippen molar-refractivity contribution >= 4 is 0 Å². The Morgan fingerprint density at radius 3 is 1.62 bits per heavy atom. The van der Waals surface area contributed by atoms with Gasteiger partial charge in [0.2, 0.25) is 0 Å². The van der Waals surface area contributed by atoms with Crippen molar-refractivity contribution in [1.29, 1.82) is 0 Å². The quantitative estimate of drug-likeness (QED) is 0.368. The van der Waals surface area contributed by atoms with Gasteiger partial charge >= 0.3 is 0 Å². The Bertz CT molecular complexity index is 126. The summed E-state index contributed by atoms with van der Waals surface area (Å²) in [6, 6.07) is 0. The van der Waals surface area contributed by atoms with Gasteiger partial charge in [-0.1, -0.05) is 91.9 Å². The van der Waals surface area contributed by atoms with Crippen LogP contribution in [-0.2, 0) is 0 Å². The first-order valence-corrected chi connectivity index (χ1v) is 7.66. The van der Waals surface area contributed by atoms with Crippen LogP contribution in [0.15, 0.2) is 0 Å². The van der Waals surface area contributed by atoms with E-state index in [4.69, 9.17) is 0 Å². The van der Waals surface area contributed by atoms with Gasteiger partial charge in [0.25, 0.3) is 0 Å². The molecular weight excluding hydrogens is 192 g/mol. The first-order valence-electron chi connectivity index (χ1n) is 7.66. The van der Waals surface area contributed by atoms with E-state index >= 15 is 0 Å². The van der Waals surface area contributed by atoms with Gasteiger partial charge in [0.1, 0.15) is 0 Å². The van der Waals surface area contributed by atoms with Crippen molar-refractivity contribution in [3.05, 3.63) is 0 Å². The molecule has 98 valence electrons. The molecule has 0 heteroatoms. The largest absolute Gasteiger partial charge is 0.0654 e. The standard InChI is InChI=1S/C16H34/c1-5-6-7-10-13-16(4)14-11-8-9-12-15(2)3/h15-16H,5-14H2,1-4H3. The molecular formula is C16H34. The predicted molar refractivity (Wildman–Crippen MR) is 75.8 cm³/mol. The molecule has 16 heavy (non-hydrogen) atoms. The predicted octanol–water partition coefficient (Wildman–Crippen LogP) is 6.20. The van der Waals surface area contributed by atoms with E-state index in [1.807, 2.05) is 0 Å². The zero-order valence-electron chi connectivity index (χ0n) is 12.2. The molecule has 0 nitrogen and oxygen atoms in total. The first-order chi connectivity index (χ1) is 7.66. The van der Waals surface area contributed by atoms with Gasteiger partial charge < -0.3 is 0 Å². The lowest BCUT2D eigenvalue weighted by Crippen LogP contribution is -1.95. The lowest BCUT2D eigenvalue weighted by atomic mass is 9.95. The van der Waals surface area contributed by atoms with Gasteiger partial charge in [-0.25, -0.2) is 0 Å². The van der Waals surface area contributed by atoms with E-state index in [-0.39, 0.29) is 0 Å². The summed E-state index contributed by atoms with van der Waals surface area (Å²) in [6.45, 7) is 9.39. The molecule has 0 aliphatic rings. The summed E-state index contributed by atoms with van der Waals surface area (Å²) in [6.07, 6.45) is 14.4. The molecule has 0 rings (SSSR count). The van der Waals surface area contributed by atoms with Crippen molar-refractivity contribution < 1.29 is 0 Å². The summed E-state index contributed by atoms with van der Waals surface area (Å²) in [5.41, 5.74) is 0. The number of hydrogen-bond donors (Lipinski definition) is 0. The van der Waals surface area contributed by atoms with Crippen LogP contribution in [0.1, 0.15) is 91.9 Å². The summed E-state index contributed by atoms with van der Waals surface area (Å²) < 4.78 is 0. The highest BCUT2D eigenvalue weighted by atomic mass is 14.1. The minimum atomic E-state index is 0.895. The molecule has 0 spiro atoms. The third kappa shape index (κ3) is 12.1. The zero-order valence-corrected chi connectivity index (χ0v) is 12.2. The molecule has 0 fully saturated rings. The summed E-state index contributed by atoms with van der Waals surface area (Å²) in [5, 5.41) is 0. The molecule has 1 unspecified atom stereocenters. The van der Waals surface area contributed by atoms with Crippen molar-refractivity contribution in [2.75, 3.05) is 0 Å². The van der Waals surface area contributed by atoms with Crippen LogP contribution in [0.3, 0.4) is 0 Å². The van der Waals surface area contributed by atoms with E-state index < -0.39 is 0 Å². The van der Waals surface area contributed by atoms with E-state index in [0.29, 0.717) is 0 Å². The topological polar surface area (TPSA) is 0 Å². The highest BCUT2D eigenvalue weighted by molar-refractivity contribution is 4.55. The fourth-order valence-electron chi connectivity index (χ4n) is 2.29. The normalized spacial score (nSPS) is 13.3. The molecule has 0 bridgehead atoms. The van der Waals surface area contributed by atoms with E-state index in [0.717, 1.165) is 11.8 Å². The van der Waals surface area contributed by atoms with Gasteiger partial charge in [-0.3, -0.25) is 0 Å². The summed E-state index contributed by atoms with van der Waals surface area (Å²) >= 11 is 0. The molecule has 0 N–H and O–H groups in total. The third-order valence-electron chi connectivity index (χ3n) is 3.53. The minimum absolute atomic E-state index is 0.895. The lowest BCUT2D eigenvalue weighted by molar-refractivity contribution is 0.428. The van der Waals surface area contributed by atoms with Crippen LogP contribution < -0.4 is 0 Å². The monoisotopic (exact) mass is 226 g/mol. The average molecular weight is 226 g/mol. The second-order valence-electron chi connectivity index (χ2n) is 5.99. The first kappa shape index (κ1) is 16.0. The molecule has 0 aromatic heterocycles. The van der Waals surface area contributed by atoms with Crippen LogP contribution in [0.25, 0.3) is 0 Å². The van der Waals surface area contributed by atoms with Crippen molar-refractivity contribution in [3.8, 4) is 0 Å². The molecule has 0 saturated carbocycles. The molecule has 1 atom stereocenters. The lowest BCUT2D eigenvalue weighted by Gasteiger charge is -2.11. The van der Waals surface area contributed by atoms with Crippen molar-refractivity contribution in [2.24, 2.45) is 11.8 Å². The number of unbranched alkanes of at least 4 members (excludes halogenated alkanes) is 5. The third-order valence-corrected chi connectivity index (χ3v) is 3.53. The molecule has 0 heterocycles. The fourth-order valence-corrected chi connectivity index (χ4v) is 2.29. The molecule has 0 aromatic rings. The van der Waals surface area contributed by atoms with E-state index in [1.54, 1.807) is 0 Å². The highest BCUT2D eigenvalue weighted by Gasteiger charge is 2.02. The van der Waals surface area contributed by atoms with Gasteiger partial charge in [0.05, 0.1) is 0 Å². The van der Waals surface area contributed by atoms with Crippen molar-refractivity contribution in [2.45, 2.75) is 91.9 Å². The smallest absolute Gasteiger partial charge is 0.0443 e. The van der Waals surface area contributed by atoms with Gasteiger partial charge in [-0.15, -0.1) is 0 Å².